The van der Waals surface area contributed by atoms with Crippen LogP contribution < -0.4 is 0 Å². The highest BCUT2D eigenvalue weighted by molar-refractivity contribution is 5.98. The average molecular weight is 152 g/mol. The van der Waals surface area contributed by atoms with Crippen LogP contribution in [0.15, 0.2) is 24.8 Å². The molecule has 0 unspecified atom stereocenters. The van der Waals surface area contributed by atoms with Crippen LogP contribution in [0.3, 0.4) is 0 Å². The zero-order chi connectivity index (χ0) is 8.53. The van der Waals surface area contributed by atoms with Gasteiger partial charge in [-0.15, -0.1) is 0 Å². The number of carbonyl (C=O) groups excluding carboxylic acids is 1. The Balaban J connectivity index is 3.29. The molecule has 62 valence electrons. The van der Waals surface area contributed by atoms with Gasteiger partial charge in [-0.2, -0.15) is 0 Å². The van der Waals surface area contributed by atoms with Gasteiger partial charge in [-0.05, 0) is 25.0 Å². The van der Waals surface area contributed by atoms with Crippen molar-refractivity contribution in [1.29, 1.82) is 0 Å². The minimum atomic E-state index is 0.00139. The second-order valence-corrected chi connectivity index (χ2v) is 2.50. The Morgan fingerprint density at radius 3 is 2.73 bits per heavy atom. The van der Waals surface area contributed by atoms with Gasteiger partial charge in [-0.25, -0.2) is 0 Å². The van der Waals surface area contributed by atoms with Gasteiger partial charge in [0.1, 0.15) is 0 Å². The molecule has 0 saturated heterocycles. The van der Waals surface area contributed by atoms with Crippen LogP contribution in [0, 0.1) is 0 Å². The molecule has 0 heterocycles. The molecule has 0 aromatic carbocycles. The van der Waals surface area contributed by atoms with Gasteiger partial charge in [0.15, 0.2) is 5.78 Å². The maximum atomic E-state index is 10.6. The second-order valence-electron chi connectivity index (χ2n) is 2.50. The molecule has 0 aliphatic rings. The fourth-order valence-corrected chi connectivity index (χ4v) is 0.780. The number of ketones is 1. The van der Waals surface area contributed by atoms with Crippen LogP contribution in [-0.2, 0) is 4.79 Å². The highest BCUT2D eigenvalue weighted by atomic mass is 16.1. The van der Waals surface area contributed by atoms with Gasteiger partial charge >= 0.3 is 0 Å². The fraction of sp³-hybridized carbons (Fsp3) is 0.500. The van der Waals surface area contributed by atoms with Gasteiger partial charge in [0.05, 0.1) is 0 Å². The first-order chi connectivity index (χ1) is 5.31. The SMILES string of the molecule is C=CC(=O)/C=C/CCCCC. The van der Waals surface area contributed by atoms with Crippen LogP contribution in [0.2, 0.25) is 0 Å². The predicted molar refractivity (Wildman–Crippen MR) is 48.5 cm³/mol. The van der Waals surface area contributed by atoms with Crippen molar-refractivity contribution in [2.45, 2.75) is 32.6 Å². The Morgan fingerprint density at radius 2 is 2.18 bits per heavy atom. The van der Waals surface area contributed by atoms with Gasteiger partial charge in [0, 0.05) is 0 Å². The van der Waals surface area contributed by atoms with Crippen LogP contribution in [-0.4, -0.2) is 5.78 Å². The second kappa shape index (κ2) is 7.26. The monoisotopic (exact) mass is 152 g/mol. The van der Waals surface area contributed by atoms with Crippen molar-refractivity contribution in [3.8, 4) is 0 Å². The lowest BCUT2D eigenvalue weighted by Crippen LogP contribution is -1.82. The number of allylic oxidation sites excluding steroid dienone is 3. The molecule has 0 bridgehead atoms. The number of carbonyl (C=O) groups is 1. The Labute approximate surface area is 68.8 Å². The first-order valence-corrected chi connectivity index (χ1v) is 4.14. The minimum Gasteiger partial charge on any atom is -0.290 e. The summed E-state index contributed by atoms with van der Waals surface area (Å²) in [5.74, 6) is 0.00139. The molecule has 0 aliphatic heterocycles. The molecule has 0 fully saturated rings. The summed E-state index contributed by atoms with van der Waals surface area (Å²) in [5.41, 5.74) is 0. The smallest absolute Gasteiger partial charge is 0.177 e. The lowest BCUT2D eigenvalue weighted by Gasteiger charge is -1.89. The average Bonchev–Trinajstić information content (AvgIpc) is 2.04. The van der Waals surface area contributed by atoms with Crippen molar-refractivity contribution in [3.63, 3.8) is 0 Å². The Morgan fingerprint density at radius 1 is 1.45 bits per heavy atom. The Bertz CT molecular complexity index is 145. The van der Waals surface area contributed by atoms with Crippen molar-refractivity contribution in [2.24, 2.45) is 0 Å². The van der Waals surface area contributed by atoms with Crippen LogP contribution in [0.25, 0.3) is 0 Å². The summed E-state index contributed by atoms with van der Waals surface area (Å²) < 4.78 is 0. The first kappa shape index (κ1) is 10.2. The van der Waals surface area contributed by atoms with E-state index >= 15 is 0 Å². The number of unbranched alkanes of at least 4 members (excludes halogenated alkanes) is 3. The van der Waals surface area contributed by atoms with Crippen LogP contribution >= 0.6 is 0 Å². The van der Waals surface area contributed by atoms with E-state index in [2.05, 4.69) is 13.5 Å². The van der Waals surface area contributed by atoms with E-state index in [1.165, 1.54) is 25.3 Å². The molecule has 1 nitrogen and oxygen atoms in total. The van der Waals surface area contributed by atoms with Crippen molar-refractivity contribution in [1.82, 2.24) is 0 Å². The highest BCUT2D eigenvalue weighted by Gasteiger charge is 1.85. The van der Waals surface area contributed by atoms with E-state index in [1.807, 2.05) is 6.08 Å². The van der Waals surface area contributed by atoms with E-state index in [-0.39, 0.29) is 5.78 Å². The summed E-state index contributed by atoms with van der Waals surface area (Å²) in [4.78, 5) is 10.6. The minimum absolute atomic E-state index is 0.00139. The lowest BCUT2D eigenvalue weighted by atomic mass is 10.2. The Hall–Kier alpha value is -0.850. The summed E-state index contributed by atoms with van der Waals surface area (Å²) in [6.07, 6.45) is 9.49. The van der Waals surface area contributed by atoms with Gasteiger partial charge < -0.3 is 0 Å². The maximum absolute atomic E-state index is 10.6. The molecule has 0 N–H and O–H groups in total. The molecule has 0 amide bonds. The summed E-state index contributed by atoms with van der Waals surface area (Å²) in [7, 11) is 0. The molecule has 0 radical (unpaired) electrons. The van der Waals surface area contributed by atoms with Crippen molar-refractivity contribution < 1.29 is 4.79 Å². The quantitative estimate of drug-likeness (QED) is 0.422. The first-order valence-electron chi connectivity index (χ1n) is 4.14. The van der Waals surface area contributed by atoms with Crippen LogP contribution in [0.1, 0.15) is 32.6 Å². The molecular weight excluding hydrogens is 136 g/mol. The molecule has 0 aromatic heterocycles. The molecule has 0 rings (SSSR count). The normalized spacial score (nSPS) is 10.3. The molecule has 1 heteroatoms. The van der Waals surface area contributed by atoms with E-state index in [0.717, 1.165) is 6.42 Å². The van der Waals surface area contributed by atoms with E-state index in [0.29, 0.717) is 0 Å². The van der Waals surface area contributed by atoms with Gasteiger partial charge in [0.2, 0.25) is 0 Å². The maximum Gasteiger partial charge on any atom is 0.177 e. The number of hydrogen-bond donors (Lipinski definition) is 0. The van der Waals surface area contributed by atoms with Crippen molar-refractivity contribution in [2.75, 3.05) is 0 Å². The molecule has 0 spiro atoms. The molecule has 0 aliphatic carbocycles. The molecular formula is C10H16O. The zero-order valence-electron chi connectivity index (χ0n) is 7.18. The topological polar surface area (TPSA) is 17.1 Å². The highest BCUT2D eigenvalue weighted by Crippen LogP contribution is 1.99. The Kier molecular flexibility index (Phi) is 6.70. The molecule has 0 aromatic rings. The van der Waals surface area contributed by atoms with E-state index in [4.69, 9.17) is 0 Å². The van der Waals surface area contributed by atoms with Crippen LogP contribution in [0.5, 0.6) is 0 Å². The largest absolute Gasteiger partial charge is 0.290 e. The zero-order valence-corrected chi connectivity index (χ0v) is 7.18. The van der Waals surface area contributed by atoms with Crippen molar-refractivity contribution >= 4 is 5.78 Å². The van der Waals surface area contributed by atoms with Crippen molar-refractivity contribution in [3.05, 3.63) is 24.8 Å². The third-order valence-corrected chi connectivity index (χ3v) is 1.46. The van der Waals surface area contributed by atoms with E-state index in [9.17, 15) is 4.79 Å². The molecule has 0 atom stereocenters. The van der Waals surface area contributed by atoms with Gasteiger partial charge in [-0.3, -0.25) is 4.79 Å². The molecule has 0 saturated carbocycles. The summed E-state index contributed by atoms with van der Waals surface area (Å²) in [5, 5.41) is 0. The summed E-state index contributed by atoms with van der Waals surface area (Å²) in [6.45, 7) is 5.54. The van der Waals surface area contributed by atoms with Gasteiger partial charge in [0.25, 0.3) is 0 Å². The number of hydrogen-bond acceptors (Lipinski definition) is 1. The van der Waals surface area contributed by atoms with Gasteiger partial charge in [-0.1, -0.05) is 32.4 Å². The third-order valence-electron chi connectivity index (χ3n) is 1.46. The fourth-order valence-electron chi connectivity index (χ4n) is 0.780. The van der Waals surface area contributed by atoms with E-state index < -0.39 is 0 Å². The van der Waals surface area contributed by atoms with Crippen LogP contribution in [0.4, 0.5) is 0 Å². The lowest BCUT2D eigenvalue weighted by molar-refractivity contribution is -0.110. The predicted octanol–water partition coefficient (Wildman–Crippen LogP) is 2.88. The third kappa shape index (κ3) is 7.04. The summed E-state index contributed by atoms with van der Waals surface area (Å²) in [6, 6.07) is 0. The molecule has 11 heavy (non-hydrogen) atoms. The standard InChI is InChI=1S/C10H16O/c1-3-5-6-7-8-9-10(11)4-2/h4,8-9H,2-3,5-7H2,1H3/b9-8+. The summed E-state index contributed by atoms with van der Waals surface area (Å²) >= 11 is 0. The number of rotatable bonds is 6. The van der Waals surface area contributed by atoms with E-state index in [1.54, 1.807) is 6.08 Å².